The van der Waals surface area contributed by atoms with Crippen molar-refractivity contribution >= 4 is 15.7 Å². The molecule has 0 aliphatic rings. The molecular weight excluding hydrogens is 224 g/mol. The highest BCUT2D eigenvalue weighted by Gasteiger charge is 2.14. The Morgan fingerprint density at radius 2 is 2.07 bits per heavy atom. The van der Waals surface area contributed by atoms with E-state index in [4.69, 9.17) is 5.14 Å². The third-order valence-corrected chi connectivity index (χ3v) is 2.34. The molecule has 1 rings (SSSR count). The maximum absolute atomic E-state index is 10.7. The van der Waals surface area contributed by atoms with Crippen molar-refractivity contribution in [1.82, 2.24) is 0 Å². The average molecular weight is 232 g/mol. The van der Waals surface area contributed by atoms with Crippen LogP contribution in [-0.4, -0.2) is 18.4 Å². The summed E-state index contributed by atoms with van der Waals surface area (Å²) >= 11 is 0. The van der Waals surface area contributed by atoms with Crippen molar-refractivity contribution in [2.24, 2.45) is 5.14 Å². The fourth-order valence-corrected chi connectivity index (χ4v) is 1.69. The van der Waals surface area contributed by atoms with Crippen LogP contribution in [0.3, 0.4) is 0 Å². The van der Waals surface area contributed by atoms with Gasteiger partial charge in [0.1, 0.15) is 0 Å². The first-order valence-electron chi connectivity index (χ1n) is 3.76. The van der Waals surface area contributed by atoms with E-state index in [1.54, 1.807) is 0 Å². The van der Waals surface area contributed by atoms with Gasteiger partial charge in [0, 0.05) is 6.07 Å². The first-order chi connectivity index (χ1) is 6.79. The van der Waals surface area contributed by atoms with Gasteiger partial charge in [0.2, 0.25) is 10.0 Å². The quantitative estimate of drug-likeness (QED) is 0.564. The van der Waals surface area contributed by atoms with Crippen LogP contribution in [-0.2, 0) is 15.8 Å². The van der Waals surface area contributed by atoms with Gasteiger partial charge in [-0.25, -0.2) is 13.6 Å². The van der Waals surface area contributed by atoms with Crippen LogP contribution in [0, 0.1) is 10.1 Å². The van der Waals surface area contributed by atoms with E-state index in [2.05, 4.69) is 0 Å². The molecule has 1 aromatic rings. The molecule has 0 aromatic heterocycles. The number of aromatic hydroxyl groups is 1. The van der Waals surface area contributed by atoms with E-state index in [0.29, 0.717) is 0 Å². The smallest absolute Gasteiger partial charge is 0.310 e. The molecule has 0 unspecified atom stereocenters. The van der Waals surface area contributed by atoms with Crippen LogP contribution in [0.15, 0.2) is 18.2 Å². The van der Waals surface area contributed by atoms with Crippen molar-refractivity contribution in [3.05, 3.63) is 33.9 Å². The summed E-state index contributed by atoms with van der Waals surface area (Å²) in [5.74, 6) is -1.06. The van der Waals surface area contributed by atoms with Gasteiger partial charge in [-0.1, -0.05) is 6.07 Å². The number of phenols is 1. The lowest BCUT2D eigenvalue weighted by molar-refractivity contribution is -0.385. The summed E-state index contributed by atoms with van der Waals surface area (Å²) in [6.45, 7) is 0. The van der Waals surface area contributed by atoms with Gasteiger partial charge in [-0.3, -0.25) is 10.1 Å². The van der Waals surface area contributed by atoms with Crippen molar-refractivity contribution in [2.75, 3.05) is 0 Å². The second-order valence-corrected chi connectivity index (χ2v) is 4.50. The van der Waals surface area contributed by atoms with Crippen LogP contribution in [0.1, 0.15) is 5.56 Å². The van der Waals surface area contributed by atoms with Crippen LogP contribution in [0.4, 0.5) is 5.69 Å². The van der Waals surface area contributed by atoms with Gasteiger partial charge in [-0.05, 0) is 11.6 Å². The minimum Gasteiger partial charge on any atom is -0.502 e. The predicted molar refractivity (Wildman–Crippen MR) is 51.6 cm³/mol. The number of nitrogens with two attached hydrogens (primary N) is 1. The second-order valence-electron chi connectivity index (χ2n) is 2.89. The molecule has 15 heavy (non-hydrogen) atoms. The minimum absolute atomic E-state index is 0.195. The van der Waals surface area contributed by atoms with Gasteiger partial charge >= 0.3 is 5.69 Å². The molecule has 82 valence electrons. The SMILES string of the molecule is NS(=O)(=O)Cc1ccc([N+](=O)[O-])c(O)c1. The van der Waals surface area contributed by atoms with E-state index in [9.17, 15) is 23.6 Å². The lowest BCUT2D eigenvalue weighted by Gasteiger charge is -2.00. The molecule has 0 atom stereocenters. The van der Waals surface area contributed by atoms with E-state index in [0.717, 1.165) is 12.1 Å². The van der Waals surface area contributed by atoms with Crippen molar-refractivity contribution in [3.63, 3.8) is 0 Å². The summed E-state index contributed by atoms with van der Waals surface area (Å²) in [6, 6.07) is 3.25. The first-order valence-corrected chi connectivity index (χ1v) is 5.48. The van der Waals surface area contributed by atoms with Crippen molar-refractivity contribution in [3.8, 4) is 5.75 Å². The van der Waals surface area contributed by atoms with Gasteiger partial charge in [0.05, 0.1) is 10.7 Å². The second kappa shape index (κ2) is 3.83. The highest BCUT2D eigenvalue weighted by Crippen LogP contribution is 2.26. The number of hydrogen-bond acceptors (Lipinski definition) is 5. The summed E-state index contributed by atoms with van der Waals surface area (Å²) in [5, 5.41) is 24.3. The summed E-state index contributed by atoms with van der Waals surface area (Å²) in [4.78, 5) is 9.55. The first kappa shape index (κ1) is 11.4. The highest BCUT2D eigenvalue weighted by atomic mass is 32.2. The number of rotatable bonds is 3. The molecule has 3 N–H and O–H groups in total. The topological polar surface area (TPSA) is 124 Å². The Hall–Kier alpha value is -1.67. The molecule has 8 heteroatoms. The standard InChI is InChI=1S/C7H8N2O5S/c8-15(13,14)4-5-1-2-6(9(11)12)7(10)3-5/h1-3,10H,4H2,(H2,8,13,14). The molecule has 0 amide bonds. The third-order valence-electron chi connectivity index (χ3n) is 1.60. The highest BCUT2D eigenvalue weighted by molar-refractivity contribution is 7.88. The average Bonchev–Trinajstić information content (AvgIpc) is 1.99. The molecular formula is C7H8N2O5S. The summed E-state index contributed by atoms with van der Waals surface area (Å²) in [5.41, 5.74) is -0.284. The molecule has 0 spiro atoms. The molecule has 0 heterocycles. The Labute approximate surface area is 85.3 Å². The van der Waals surface area contributed by atoms with Gasteiger partial charge in [-0.2, -0.15) is 0 Å². The van der Waals surface area contributed by atoms with Crippen molar-refractivity contribution in [2.45, 2.75) is 5.75 Å². The molecule has 0 aliphatic heterocycles. The van der Waals surface area contributed by atoms with Crippen LogP contribution in [0.2, 0.25) is 0 Å². The zero-order valence-corrected chi connectivity index (χ0v) is 8.27. The normalized spacial score (nSPS) is 11.3. The molecule has 0 aliphatic carbocycles. The zero-order valence-electron chi connectivity index (χ0n) is 7.45. The lowest BCUT2D eigenvalue weighted by Crippen LogP contribution is -2.14. The van der Waals surface area contributed by atoms with Gasteiger partial charge in [-0.15, -0.1) is 0 Å². The summed E-state index contributed by atoms with van der Waals surface area (Å²) in [7, 11) is -3.71. The molecule has 0 bridgehead atoms. The van der Waals surface area contributed by atoms with Gasteiger partial charge < -0.3 is 5.11 Å². The van der Waals surface area contributed by atoms with Crippen LogP contribution in [0.25, 0.3) is 0 Å². The van der Waals surface area contributed by atoms with Crippen LogP contribution < -0.4 is 5.14 Å². The molecule has 0 radical (unpaired) electrons. The Morgan fingerprint density at radius 3 is 2.47 bits per heavy atom. The summed E-state index contributed by atoms with van der Waals surface area (Å²) in [6.07, 6.45) is 0. The minimum atomic E-state index is -3.71. The van der Waals surface area contributed by atoms with E-state index in [1.807, 2.05) is 0 Å². The number of phenolic OH excluding ortho intramolecular Hbond substituents is 1. The van der Waals surface area contributed by atoms with Crippen molar-refractivity contribution in [1.29, 1.82) is 0 Å². The molecule has 0 saturated carbocycles. The maximum Gasteiger partial charge on any atom is 0.310 e. The number of nitro groups is 1. The monoisotopic (exact) mass is 232 g/mol. The van der Waals surface area contributed by atoms with Gasteiger partial charge in [0.15, 0.2) is 5.75 Å². The number of sulfonamides is 1. The zero-order chi connectivity index (χ0) is 11.6. The number of hydrogen-bond donors (Lipinski definition) is 2. The Balaban J connectivity index is 3.07. The summed E-state index contributed by atoms with van der Waals surface area (Å²) < 4.78 is 21.4. The Morgan fingerprint density at radius 1 is 1.47 bits per heavy atom. The number of benzene rings is 1. The third kappa shape index (κ3) is 3.18. The predicted octanol–water partition coefficient (Wildman–Crippen LogP) is 0.0889. The fourth-order valence-electron chi connectivity index (χ4n) is 1.05. The molecule has 1 aromatic carbocycles. The van der Waals surface area contributed by atoms with E-state index < -0.39 is 32.1 Å². The molecule has 0 fully saturated rings. The lowest BCUT2D eigenvalue weighted by atomic mass is 10.2. The maximum atomic E-state index is 10.7. The van der Waals surface area contributed by atoms with Crippen LogP contribution in [0.5, 0.6) is 5.75 Å². The van der Waals surface area contributed by atoms with Crippen LogP contribution >= 0.6 is 0 Å². The van der Waals surface area contributed by atoms with Crippen molar-refractivity contribution < 1.29 is 18.4 Å². The molecule has 7 nitrogen and oxygen atoms in total. The van der Waals surface area contributed by atoms with E-state index in [1.165, 1.54) is 6.07 Å². The van der Waals surface area contributed by atoms with Gasteiger partial charge in [0.25, 0.3) is 0 Å². The number of primary sulfonamides is 1. The number of nitrogens with zero attached hydrogens (tertiary/aromatic N) is 1. The molecule has 0 saturated heterocycles. The van der Waals surface area contributed by atoms with E-state index in [-0.39, 0.29) is 5.56 Å². The van der Waals surface area contributed by atoms with E-state index >= 15 is 0 Å². The fraction of sp³-hybridized carbons (Fsp3) is 0.143. The largest absolute Gasteiger partial charge is 0.502 e. The Bertz CT molecular complexity index is 496. The number of nitro benzene ring substituents is 1. The Kier molecular flexibility index (Phi) is 2.91.